The summed E-state index contributed by atoms with van der Waals surface area (Å²) in [5.74, 6) is -4.95. The van der Waals surface area contributed by atoms with Gasteiger partial charge in [-0.1, -0.05) is 60.7 Å². The molecule has 182 valence electrons. The second-order valence-corrected chi connectivity index (χ2v) is 7.82. The van der Waals surface area contributed by atoms with E-state index in [4.69, 9.17) is 0 Å². The first-order chi connectivity index (χ1) is 16.2. The fraction of sp³-hybridized carbons (Fsp3) is 0.333. The van der Waals surface area contributed by atoms with Crippen LogP contribution in [-0.4, -0.2) is 92.4 Å². The minimum atomic E-state index is -1.25. The molecule has 0 aliphatic carbocycles. The van der Waals surface area contributed by atoms with E-state index in [1.807, 2.05) is 0 Å². The van der Waals surface area contributed by atoms with Gasteiger partial charge in [-0.15, -0.1) is 0 Å². The van der Waals surface area contributed by atoms with E-state index < -0.39 is 49.1 Å². The van der Waals surface area contributed by atoms with Crippen molar-refractivity contribution >= 4 is 23.9 Å². The van der Waals surface area contributed by atoms with Gasteiger partial charge in [-0.3, -0.25) is 29.0 Å². The fourth-order valence-electron chi connectivity index (χ4n) is 3.71. The molecule has 0 heterocycles. The minimum absolute atomic E-state index is 0.0365. The van der Waals surface area contributed by atoms with Gasteiger partial charge in [-0.05, 0) is 24.0 Å². The number of carbonyl (C=O) groups is 4. The predicted molar refractivity (Wildman–Crippen MR) is 122 cm³/mol. The Morgan fingerprint density at radius 1 is 0.588 bits per heavy atom. The lowest BCUT2D eigenvalue weighted by atomic mass is 10.0. The zero-order valence-corrected chi connectivity index (χ0v) is 18.5. The van der Waals surface area contributed by atoms with Gasteiger partial charge in [0.05, 0.1) is 13.1 Å². The van der Waals surface area contributed by atoms with Crippen LogP contribution in [0.2, 0.25) is 0 Å². The standard InChI is InChI=1S/C24H28N2O8/c27-21(28)15-25(19(23(31)32)13-17-7-3-1-4-8-17)11-12-26(16-22(29)30)20(24(33)34)14-18-9-5-2-6-10-18/h1-10,19-20H,11-16H2,(H,27,28)(H,29,30)(H,31,32)(H,33,34)/t19-,20+. The number of benzene rings is 2. The average molecular weight is 472 g/mol. The fourth-order valence-corrected chi connectivity index (χ4v) is 3.71. The Balaban J connectivity index is 2.25. The largest absolute Gasteiger partial charge is 0.480 e. The molecule has 0 saturated carbocycles. The van der Waals surface area contributed by atoms with Gasteiger partial charge in [0.15, 0.2) is 0 Å². The number of aliphatic carboxylic acids is 4. The van der Waals surface area contributed by atoms with Gasteiger partial charge >= 0.3 is 23.9 Å². The normalized spacial score (nSPS) is 12.9. The van der Waals surface area contributed by atoms with E-state index in [0.717, 1.165) is 0 Å². The van der Waals surface area contributed by atoms with Crippen LogP contribution < -0.4 is 0 Å². The zero-order chi connectivity index (χ0) is 25.1. The lowest BCUT2D eigenvalue weighted by molar-refractivity contribution is -0.150. The van der Waals surface area contributed by atoms with Gasteiger partial charge in [-0.25, -0.2) is 0 Å². The molecule has 2 rings (SSSR count). The molecule has 0 amide bonds. The molecule has 2 aromatic carbocycles. The SMILES string of the molecule is O=C(O)CN(CCN(CC(=O)O)[C@@H](Cc1ccccc1)C(=O)O)[C@H](Cc1ccccc1)C(=O)O. The summed E-state index contributed by atoms with van der Waals surface area (Å²) in [6, 6.07) is 15.0. The summed E-state index contributed by atoms with van der Waals surface area (Å²) in [5.41, 5.74) is 1.39. The molecule has 0 bridgehead atoms. The first kappa shape index (κ1) is 26.5. The summed E-state index contributed by atoms with van der Waals surface area (Å²) in [4.78, 5) is 49.3. The maximum absolute atomic E-state index is 12.0. The van der Waals surface area contributed by atoms with Crippen molar-refractivity contribution in [2.24, 2.45) is 0 Å². The Kier molecular flexibility index (Phi) is 10.2. The summed E-state index contributed by atoms with van der Waals surface area (Å²) in [6.07, 6.45) is 0.0729. The highest BCUT2D eigenvalue weighted by molar-refractivity contribution is 5.77. The Hall–Kier alpha value is -3.76. The lowest BCUT2D eigenvalue weighted by Crippen LogP contribution is -2.52. The second kappa shape index (κ2) is 13.1. The van der Waals surface area contributed by atoms with Gasteiger partial charge in [-0.2, -0.15) is 0 Å². The highest BCUT2D eigenvalue weighted by Crippen LogP contribution is 2.13. The molecule has 0 aliphatic rings. The Morgan fingerprint density at radius 3 is 1.18 bits per heavy atom. The van der Waals surface area contributed by atoms with Crippen molar-refractivity contribution in [3.05, 3.63) is 71.8 Å². The van der Waals surface area contributed by atoms with Crippen LogP contribution in [0.25, 0.3) is 0 Å². The molecule has 10 heteroatoms. The molecular formula is C24H28N2O8. The third-order valence-electron chi connectivity index (χ3n) is 5.35. The minimum Gasteiger partial charge on any atom is -0.480 e. The first-order valence-corrected chi connectivity index (χ1v) is 10.6. The number of hydrogen-bond donors (Lipinski definition) is 4. The first-order valence-electron chi connectivity index (χ1n) is 10.6. The number of hydrogen-bond acceptors (Lipinski definition) is 6. The summed E-state index contributed by atoms with van der Waals surface area (Å²) >= 11 is 0. The highest BCUT2D eigenvalue weighted by Gasteiger charge is 2.31. The van der Waals surface area contributed by atoms with Crippen molar-refractivity contribution in [1.82, 2.24) is 9.80 Å². The van der Waals surface area contributed by atoms with Crippen LogP contribution >= 0.6 is 0 Å². The molecule has 0 aromatic heterocycles. The van der Waals surface area contributed by atoms with Crippen LogP contribution in [0.3, 0.4) is 0 Å². The Bertz CT molecular complexity index is 888. The van der Waals surface area contributed by atoms with E-state index in [9.17, 15) is 39.6 Å². The number of carboxylic acid groups (broad SMARTS) is 4. The van der Waals surface area contributed by atoms with Crippen molar-refractivity contribution < 1.29 is 39.6 Å². The lowest BCUT2D eigenvalue weighted by Gasteiger charge is -2.32. The molecule has 34 heavy (non-hydrogen) atoms. The van der Waals surface area contributed by atoms with Crippen LogP contribution in [0.1, 0.15) is 11.1 Å². The van der Waals surface area contributed by atoms with Crippen molar-refractivity contribution in [2.45, 2.75) is 24.9 Å². The maximum Gasteiger partial charge on any atom is 0.321 e. The van der Waals surface area contributed by atoms with Crippen molar-refractivity contribution in [1.29, 1.82) is 0 Å². The molecule has 2 atom stereocenters. The number of nitrogens with zero attached hydrogens (tertiary/aromatic N) is 2. The van der Waals surface area contributed by atoms with E-state index in [-0.39, 0.29) is 25.9 Å². The van der Waals surface area contributed by atoms with E-state index in [1.165, 1.54) is 9.80 Å². The predicted octanol–water partition coefficient (Wildman–Crippen LogP) is 1.15. The van der Waals surface area contributed by atoms with E-state index in [0.29, 0.717) is 11.1 Å². The van der Waals surface area contributed by atoms with Crippen molar-refractivity contribution in [3.63, 3.8) is 0 Å². The monoisotopic (exact) mass is 472 g/mol. The third kappa shape index (κ3) is 8.64. The smallest absolute Gasteiger partial charge is 0.321 e. The van der Waals surface area contributed by atoms with Crippen LogP contribution in [0, 0.1) is 0 Å². The molecule has 0 spiro atoms. The third-order valence-corrected chi connectivity index (χ3v) is 5.35. The molecule has 0 aliphatic heterocycles. The summed E-state index contributed by atoms with van der Waals surface area (Å²) in [7, 11) is 0. The van der Waals surface area contributed by atoms with Crippen LogP contribution in [-0.2, 0) is 32.0 Å². The molecule has 0 radical (unpaired) electrons. The van der Waals surface area contributed by atoms with Gasteiger partial charge in [0.1, 0.15) is 12.1 Å². The molecular weight excluding hydrogens is 444 g/mol. The average Bonchev–Trinajstić information content (AvgIpc) is 2.78. The summed E-state index contributed by atoms with van der Waals surface area (Å²) in [5, 5.41) is 38.3. The zero-order valence-electron chi connectivity index (χ0n) is 18.5. The van der Waals surface area contributed by atoms with E-state index in [1.54, 1.807) is 60.7 Å². The maximum atomic E-state index is 12.0. The van der Waals surface area contributed by atoms with Gasteiger partial charge in [0, 0.05) is 13.1 Å². The molecule has 10 nitrogen and oxygen atoms in total. The molecule has 2 aromatic rings. The Labute approximate surface area is 196 Å². The number of rotatable bonds is 15. The summed E-state index contributed by atoms with van der Waals surface area (Å²) < 4.78 is 0. The molecule has 0 unspecified atom stereocenters. The molecule has 0 fully saturated rings. The molecule has 0 saturated heterocycles. The van der Waals surface area contributed by atoms with Crippen LogP contribution in [0.4, 0.5) is 0 Å². The molecule has 4 N–H and O–H groups in total. The summed E-state index contributed by atoms with van der Waals surface area (Å²) in [6.45, 7) is -1.49. The van der Waals surface area contributed by atoms with Gasteiger partial charge < -0.3 is 20.4 Å². The van der Waals surface area contributed by atoms with E-state index >= 15 is 0 Å². The van der Waals surface area contributed by atoms with Gasteiger partial charge in [0.25, 0.3) is 0 Å². The topological polar surface area (TPSA) is 156 Å². The number of carboxylic acids is 4. The van der Waals surface area contributed by atoms with Crippen molar-refractivity contribution in [3.8, 4) is 0 Å². The van der Waals surface area contributed by atoms with Crippen molar-refractivity contribution in [2.75, 3.05) is 26.2 Å². The van der Waals surface area contributed by atoms with E-state index in [2.05, 4.69) is 0 Å². The van der Waals surface area contributed by atoms with Crippen LogP contribution in [0.15, 0.2) is 60.7 Å². The van der Waals surface area contributed by atoms with Gasteiger partial charge in [0.2, 0.25) is 0 Å². The highest BCUT2D eigenvalue weighted by atomic mass is 16.4. The second-order valence-electron chi connectivity index (χ2n) is 7.82. The Morgan fingerprint density at radius 2 is 0.912 bits per heavy atom. The van der Waals surface area contributed by atoms with Crippen LogP contribution in [0.5, 0.6) is 0 Å². The quantitative estimate of drug-likeness (QED) is 0.297.